The highest BCUT2D eigenvalue weighted by Crippen LogP contribution is 2.65. The van der Waals surface area contributed by atoms with Gasteiger partial charge in [-0.2, -0.15) is 0 Å². The fourth-order valence-electron chi connectivity index (χ4n) is 6.18. The quantitative estimate of drug-likeness (QED) is 0.558. The Morgan fingerprint density at radius 2 is 1.53 bits per heavy atom. The maximum Gasteiger partial charge on any atom is 0.248 e. The molecule has 2 aromatic rings. The van der Waals surface area contributed by atoms with E-state index in [2.05, 4.69) is 17.5 Å². The average molecular weight is 447 g/mol. The molecule has 162 valence electrons. The second kappa shape index (κ2) is 7.31. The maximum absolute atomic E-state index is 13.6. The van der Waals surface area contributed by atoms with Crippen LogP contribution in [-0.4, -0.2) is 28.7 Å². The minimum absolute atomic E-state index is 0.133. The zero-order valence-electron chi connectivity index (χ0n) is 17.4. The van der Waals surface area contributed by atoms with Crippen LogP contribution in [0.2, 0.25) is 5.02 Å². The van der Waals surface area contributed by atoms with Crippen molar-refractivity contribution in [1.82, 2.24) is 4.90 Å². The monoisotopic (exact) mass is 446 g/mol. The van der Waals surface area contributed by atoms with E-state index >= 15 is 0 Å². The van der Waals surface area contributed by atoms with E-state index in [4.69, 9.17) is 11.6 Å². The van der Waals surface area contributed by atoms with Crippen LogP contribution in [0.15, 0.2) is 66.7 Å². The number of amides is 3. The first-order valence-corrected chi connectivity index (χ1v) is 11.6. The van der Waals surface area contributed by atoms with Gasteiger partial charge in [-0.3, -0.25) is 19.3 Å². The second-order valence-corrected chi connectivity index (χ2v) is 9.84. The molecule has 2 bridgehead atoms. The number of carbonyl (C=O) groups is 3. The number of hydrogen-bond acceptors (Lipinski definition) is 3. The average Bonchev–Trinajstić information content (AvgIpc) is 3.58. The number of anilines is 1. The van der Waals surface area contributed by atoms with Crippen LogP contribution in [0.3, 0.4) is 0 Å². The fraction of sp³-hybridized carbons (Fsp3) is 0.346. The molecule has 7 unspecified atom stereocenters. The van der Waals surface area contributed by atoms with Crippen molar-refractivity contribution < 1.29 is 14.4 Å². The van der Waals surface area contributed by atoms with Gasteiger partial charge < -0.3 is 5.32 Å². The highest BCUT2D eigenvalue weighted by atomic mass is 35.5. The van der Waals surface area contributed by atoms with Gasteiger partial charge in [-0.25, -0.2) is 0 Å². The molecule has 32 heavy (non-hydrogen) atoms. The smallest absolute Gasteiger partial charge is 0.248 e. The first kappa shape index (κ1) is 19.7. The fourth-order valence-corrected chi connectivity index (χ4v) is 6.31. The highest BCUT2D eigenvalue weighted by Gasteiger charge is 2.67. The van der Waals surface area contributed by atoms with E-state index in [1.165, 1.54) is 4.90 Å². The molecule has 1 saturated heterocycles. The van der Waals surface area contributed by atoms with Crippen LogP contribution in [0.25, 0.3) is 0 Å². The van der Waals surface area contributed by atoms with Crippen LogP contribution >= 0.6 is 11.6 Å². The van der Waals surface area contributed by atoms with Gasteiger partial charge in [0.2, 0.25) is 17.7 Å². The number of rotatable bonds is 5. The lowest BCUT2D eigenvalue weighted by Crippen LogP contribution is -2.49. The molecule has 1 heterocycles. The van der Waals surface area contributed by atoms with Gasteiger partial charge >= 0.3 is 0 Å². The summed E-state index contributed by atoms with van der Waals surface area (Å²) in [5.41, 5.74) is 1.49. The number of halogens is 1. The molecule has 0 spiro atoms. The molecule has 6 heteroatoms. The van der Waals surface area contributed by atoms with E-state index in [1.54, 1.807) is 24.3 Å². The standard InChI is InChI=1S/C26H23ClN2O3/c27-15-6-8-16(9-7-15)28-24(30)21(12-14-4-2-1-3-5-14)29-25(31)22-17-10-11-18(20-13-19(17)20)23(22)26(29)32/h1-11,17-23H,12-13H2,(H,28,30). The number of nitrogens with one attached hydrogen (secondary N) is 1. The van der Waals surface area contributed by atoms with Gasteiger partial charge in [-0.1, -0.05) is 54.1 Å². The van der Waals surface area contributed by atoms with Crippen LogP contribution in [0.1, 0.15) is 12.0 Å². The van der Waals surface area contributed by atoms with Gasteiger partial charge in [0.25, 0.3) is 0 Å². The van der Waals surface area contributed by atoms with Gasteiger partial charge in [0, 0.05) is 17.1 Å². The Balaban J connectivity index is 1.33. The summed E-state index contributed by atoms with van der Waals surface area (Å²) in [6.07, 6.45) is 5.69. The first-order valence-electron chi connectivity index (χ1n) is 11.2. The summed E-state index contributed by atoms with van der Waals surface area (Å²) in [7, 11) is 0. The summed E-state index contributed by atoms with van der Waals surface area (Å²) in [5.74, 6) is -0.0420. The summed E-state index contributed by atoms with van der Waals surface area (Å²) in [6, 6.07) is 15.5. The molecule has 1 N–H and O–H groups in total. The van der Waals surface area contributed by atoms with Crippen molar-refractivity contribution in [2.24, 2.45) is 35.5 Å². The lowest BCUT2D eigenvalue weighted by Gasteiger charge is -2.37. The van der Waals surface area contributed by atoms with E-state index in [0.29, 0.717) is 22.5 Å². The first-order chi connectivity index (χ1) is 15.5. The third kappa shape index (κ3) is 3.02. The Hall–Kier alpha value is -2.92. The number of allylic oxidation sites excluding steroid dienone is 2. The van der Waals surface area contributed by atoms with Gasteiger partial charge in [0.15, 0.2) is 0 Å². The minimum atomic E-state index is -0.894. The normalized spacial score (nSPS) is 32.5. The van der Waals surface area contributed by atoms with E-state index in [1.807, 2.05) is 30.3 Å². The Morgan fingerprint density at radius 3 is 2.12 bits per heavy atom. The number of carbonyl (C=O) groups excluding carboxylic acids is 3. The van der Waals surface area contributed by atoms with Crippen LogP contribution < -0.4 is 5.32 Å². The summed E-state index contributed by atoms with van der Waals surface area (Å²) >= 11 is 5.96. The van der Waals surface area contributed by atoms with Crippen molar-refractivity contribution in [1.29, 1.82) is 0 Å². The second-order valence-electron chi connectivity index (χ2n) is 9.40. The van der Waals surface area contributed by atoms with Crippen LogP contribution in [0, 0.1) is 35.5 Å². The Kier molecular flexibility index (Phi) is 4.51. The molecule has 2 saturated carbocycles. The minimum Gasteiger partial charge on any atom is -0.324 e. The molecule has 3 amide bonds. The van der Waals surface area contributed by atoms with Crippen LogP contribution in [0.4, 0.5) is 5.69 Å². The van der Waals surface area contributed by atoms with E-state index < -0.39 is 6.04 Å². The van der Waals surface area contributed by atoms with Crippen molar-refractivity contribution in [3.8, 4) is 0 Å². The van der Waals surface area contributed by atoms with Gasteiger partial charge in [-0.05, 0) is 59.9 Å². The summed E-state index contributed by atoms with van der Waals surface area (Å²) in [6.45, 7) is 0. The SMILES string of the molecule is O=C(Nc1ccc(Cl)cc1)C(Cc1ccccc1)N1C(=O)C2C3C=CC(C4CC34)C2C1=O. The molecule has 5 aliphatic rings. The van der Waals surface area contributed by atoms with Crippen molar-refractivity contribution in [3.63, 3.8) is 0 Å². The summed E-state index contributed by atoms with van der Waals surface area (Å²) in [5, 5.41) is 3.45. The molecule has 3 fully saturated rings. The molecule has 2 aromatic carbocycles. The van der Waals surface area contributed by atoms with Crippen molar-refractivity contribution in [3.05, 3.63) is 77.3 Å². The highest BCUT2D eigenvalue weighted by molar-refractivity contribution is 6.30. The van der Waals surface area contributed by atoms with Gasteiger partial charge in [0.05, 0.1) is 11.8 Å². The Bertz CT molecular complexity index is 1090. The molecule has 0 radical (unpaired) electrons. The maximum atomic E-state index is 13.6. The molecule has 7 atom stereocenters. The number of benzene rings is 2. The summed E-state index contributed by atoms with van der Waals surface area (Å²) in [4.78, 5) is 41.9. The predicted octanol–water partition coefficient (Wildman–Crippen LogP) is 3.94. The zero-order valence-corrected chi connectivity index (χ0v) is 18.1. The molecular formula is C26H23ClN2O3. The van der Waals surface area contributed by atoms with Gasteiger partial charge in [0.1, 0.15) is 6.04 Å². The molecular weight excluding hydrogens is 424 g/mol. The topological polar surface area (TPSA) is 66.5 Å². The lowest BCUT2D eigenvalue weighted by atomic mass is 9.63. The van der Waals surface area contributed by atoms with Crippen molar-refractivity contribution >= 4 is 35.0 Å². The number of imide groups is 1. The predicted molar refractivity (Wildman–Crippen MR) is 121 cm³/mol. The van der Waals surface area contributed by atoms with Gasteiger partial charge in [-0.15, -0.1) is 0 Å². The Labute approximate surface area is 191 Å². The van der Waals surface area contributed by atoms with E-state index in [0.717, 1.165) is 12.0 Å². The van der Waals surface area contributed by atoms with Crippen molar-refractivity contribution in [2.75, 3.05) is 5.32 Å². The molecule has 0 aromatic heterocycles. The molecule has 4 aliphatic carbocycles. The number of hydrogen-bond donors (Lipinski definition) is 1. The third-order valence-electron chi connectivity index (χ3n) is 7.69. The third-order valence-corrected chi connectivity index (χ3v) is 7.95. The van der Waals surface area contributed by atoms with E-state index in [-0.39, 0.29) is 47.8 Å². The largest absolute Gasteiger partial charge is 0.324 e. The molecule has 5 nitrogen and oxygen atoms in total. The number of likely N-dealkylation sites (tertiary alicyclic amines) is 1. The lowest BCUT2D eigenvalue weighted by molar-refractivity contribution is -0.146. The Morgan fingerprint density at radius 1 is 0.938 bits per heavy atom. The van der Waals surface area contributed by atoms with E-state index in [9.17, 15) is 14.4 Å². The van der Waals surface area contributed by atoms with Crippen LogP contribution in [-0.2, 0) is 20.8 Å². The van der Waals surface area contributed by atoms with Crippen molar-refractivity contribution in [2.45, 2.75) is 18.9 Å². The van der Waals surface area contributed by atoms with Crippen LogP contribution in [0.5, 0.6) is 0 Å². The zero-order chi connectivity index (χ0) is 22.0. The molecule has 7 rings (SSSR count). The molecule has 1 aliphatic heterocycles. The number of nitrogens with zero attached hydrogens (tertiary/aromatic N) is 1. The summed E-state index contributed by atoms with van der Waals surface area (Å²) < 4.78 is 0.